The summed E-state index contributed by atoms with van der Waals surface area (Å²) < 4.78 is 25.4. The summed E-state index contributed by atoms with van der Waals surface area (Å²) in [4.78, 5) is 9.88. The van der Waals surface area contributed by atoms with E-state index in [4.69, 9.17) is 11.6 Å². The second kappa shape index (κ2) is 5.11. The van der Waals surface area contributed by atoms with Crippen LogP contribution in [0.5, 0.6) is 0 Å². The second-order valence-corrected chi connectivity index (χ2v) is 4.88. The highest BCUT2D eigenvalue weighted by Crippen LogP contribution is 2.15. The molecular formula is C8H7ClN2O5S. The van der Waals surface area contributed by atoms with Crippen LogP contribution in [0.3, 0.4) is 0 Å². The van der Waals surface area contributed by atoms with Crippen LogP contribution in [-0.2, 0) is 14.4 Å². The number of nitrogens with zero attached hydrogens (tertiary/aromatic N) is 2. The maximum atomic E-state index is 10.6. The fourth-order valence-electron chi connectivity index (χ4n) is 0.901. The van der Waals surface area contributed by atoms with Crippen molar-refractivity contribution in [2.24, 2.45) is 5.16 Å². The summed E-state index contributed by atoms with van der Waals surface area (Å²) in [6, 6.07) is 5.25. The van der Waals surface area contributed by atoms with Gasteiger partial charge in [0.15, 0.2) is 5.17 Å². The summed E-state index contributed by atoms with van der Waals surface area (Å²) in [5.41, 5.74) is -0.000257. The normalized spacial score (nSPS) is 12.2. The molecule has 9 heteroatoms. The van der Waals surface area contributed by atoms with Gasteiger partial charge in [0.05, 0.1) is 11.2 Å². The number of non-ortho nitro benzene ring substituents is 1. The Morgan fingerprint density at radius 3 is 2.71 bits per heavy atom. The van der Waals surface area contributed by atoms with Crippen molar-refractivity contribution >= 4 is 32.6 Å². The van der Waals surface area contributed by atoms with Crippen molar-refractivity contribution in [3.63, 3.8) is 0 Å². The van der Waals surface area contributed by atoms with Gasteiger partial charge in [0.2, 0.25) is 0 Å². The van der Waals surface area contributed by atoms with Crippen LogP contribution in [0.4, 0.5) is 5.69 Å². The van der Waals surface area contributed by atoms with Crippen molar-refractivity contribution in [2.75, 3.05) is 6.26 Å². The fraction of sp³-hybridized carbons (Fsp3) is 0.125. The molecule has 0 bridgehead atoms. The van der Waals surface area contributed by atoms with E-state index in [0.717, 1.165) is 12.3 Å². The minimum absolute atomic E-state index is 0.185. The summed E-state index contributed by atoms with van der Waals surface area (Å²) in [6.07, 6.45) is 0.800. The van der Waals surface area contributed by atoms with E-state index in [2.05, 4.69) is 9.44 Å². The van der Waals surface area contributed by atoms with Crippen molar-refractivity contribution in [1.82, 2.24) is 0 Å². The SMILES string of the molecule is CS(=O)(=O)ON=C(Cl)c1cccc([N+](=O)[O-])c1. The van der Waals surface area contributed by atoms with Crippen LogP contribution in [0.1, 0.15) is 5.56 Å². The molecule has 0 aliphatic rings. The molecule has 1 aromatic rings. The van der Waals surface area contributed by atoms with Crippen molar-refractivity contribution in [2.45, 2.75) is 0 Å². The predicted molar refractivity (Wildman–Crippen MR) is 61.4 cm³/mol. The number of rotatable bonds is 4. The Hall–Kier alpha value is -1.67. The Morgan fingerprint density at radius 1 is 1.53 bits per heavy atom. The minimum atomic E-state index is -3.76. The standard InChI is InChI=1S/C8H7ClN2O5S/c1-17(14,15)16-10-8(9)6-3-2-4-7(5-6)11(12)13/h2-5H,1H3. The first-order chi connectivity index (χ1) is 7.79. The van der Waals surface area contributed by atoms with Gasteiger partial charge < -0.3 is 0 Å². The molecule has 17 heavy (non-hydrogen) atoms. The molecule has 0 aliphatic carbocycles. The zero-order valence-corrected chi connectivity index (χ0v) is 10.1. The van der Waals surface area contributed by atoms with Gasteiger partial charge in [-0.1, -0.05) is 28.9 Å². The van der Waals surface area contributed by atoms with E-state index in [1.165, 1.54) is 18.2 Å². The van der Waals surface area contributed by atoms with Crippen LogP contribution >= 0.6 is 11.6 Å². The molecule has 0 atom stereocenters. The number of hydrogen-bond donors (Lipinski definition) is 0. The van der Waals surface area contributed by atoms with Gasteiger partial charge in [-0.15, -0.1) is 0 Å². The summed E-state index contributed by atoms with van der Waals surface area (Å²) in [7, 11) is -3.76. The third kappa shape index (κ3) is 4.37. The Labute approximate surface area is 102 Å². The van der Waals surface area contributed by atoms with Crippen molar-refractivity contribution in [3.8, 4) is 0 Å². The topological polar surface area (TPSA) is 98.9 Å². The fourth-order valence-corrected chi connectivity index (χ4v) is 1.30. The molecule has 0 radical (unpaired) electrons. The molecule has 0 unspecified atom stereocenters. The lowest BCUT2D eigenvalue weighted by Gasteiger charge is -1.98. The molecular weight excluding hydrogens is 272 g/mol. The van der Waals surface area contributed by atoms with Gasteiger partial charge in [0.25, 0.3) is 5.69 Å². The Bertz CT molecular complexity index is 569. The molecule has 0 saturated carbocycles. The van der Waals surface area contributed by atoms with E-state index in [0.29, 0.717) is 0 Å². The summed E-state index contributed by atoms with van der Waals surface area (Å²) in [5.74, 6) is 0. The van der Waals surface area contributed by atoms with Crippen LogP contribution in [0.2, 0.25) is 0 Å². The predicted octanol–water partition coefficient (Wildman–Crippen LogP) is 1.47. The molecule has 0 N–H and O–H groups in total. The highest BCUT2D eigenvalue weighted by atomic mass is 35.5. The summed E-state index contributed by atoms with van der Waals surface area (Å²) in [5, 5.41) is 13.3. The molecule has 0 aromatic heterocycles. The van der Waals surface area contributed by atoms with Gasteiger partial charge in [-0.05, 0) is 0 Å². The van der Waals surface area contributed by atoms with Crippen LogP contribution in [0.15, 0.2) is 29.4 Å². The molecule has 7 nitrogen and oxygen atoms in total. The largest absolute Gasteiger partial charge is 0.325 e. The van der Waals surface area contributed by atoms with E-state index < -0.39 is 15.0 Å². The third-order valence-corrected chi connectivity index (χ3v) is 2.18. The Kier molecular flexibility index (Phi) is 4.02. The molecule has 0 spiro atoms. The molecule has 1 rings (SSSR count). The first kappa shape index (κ1) is 13.4. The van der Waals surface area contributed by atoms with Crippen LogP contribution in [0.25, 0.3) is 0 Å². The van der Waals surface area contributed by atoms with Gasteiger partial charge in [-0.25, -0.2) is 0 Å². The molecule has 0 fully saturated rings. The second-order valence-electron chi connectivity index (χ2n) is 2.97. The number of halogens is 1. The summed E-state index contributed by atoms with van der Waals surface area (Å²) in [6.45, 7) is 0. The highest BCUT2D eigenvalue weighted by molar-refractivity contribution is 7.85. The van der Waals surface area contributed by atoms with E-state index in [-0.39, 0.29) is 16.4 Å². The number of oxime groups is 1. The van der Waals surface area contributed by atoms with E-state index in [1.54, 1.807) is 0 Å². The van der Waals surface area contributed by atoms with Crippen molar-refractivity contribution in [3.05, 3.63) is 39.9 Å². The first-order valence-electron chi connectivity index (χ1n) is 4.16. The van der Waals surface area contributed by atoms with Gasteiger partial charge in [0, 0.05) is 17.7 Å². The van der Waals surface area contributed by atoms with E-state index >= 15 is 0 Å². The Morgan fingerprint density at radius 2 is 2.18 bits per heavy atom. The van der Waals surface area contributed by atoms with Gasteiger partial charge in [-0.3, -0.25) is 14.4 Å². The number of hydrogen-bond acceptors (Lipinski definition) is 6. The van der Waals surface area contributed by atoms with Crippen LogP contribution < -0.4 is 0 Å². The van der Waals surface area contributed by atoms with Gasteiger partial charge >= 0.3 is 10.1 Å². The van der Waals surface area contributed by atoms with Crippen molar-refractivity contribution in [1.29, 1.82) is 0 Å². The molecule has 0 aliphatic heterocycles. The molecule has 0 heterocycles. The number of nitro groups is 1. The highest BCUT2D eigenvalue weighted by Gasteiger charge is 2.10. The lowest BCUT2D eigenvalue weighted by Crippen LogP contribution is -2.00. The lowest BCUT2D eigenvalue weighted by molar-refractivity contribution is -0.384. The smallest absolute Gasteiger partial charge is 0.267 e. The lowest BCUT2D eigenvalue weighted by atomic mass is 10.2. The monoisotopic (exact) mass is 278 g/mol. The average Bonchev–Trinajstić information content (AvgIpc) is 2.25. The number of benzene rings is 1. The average molecular weight is 279 g/mol. The Balaban J connectivity index is 3.00. The maximum absolute atomic E-state index is 10.6. The van der Waals surface area contributed by atoms with E-state index in [1.807, 2.05) is 0 Å². The quantitative estimate of drug-likeness (QED) is 0.472. The van der Waals surface area contributed by atoms with Gasteiger partial charge in [-0.2, -0.15) is 8.42 Å². The van der Waals surface area contributed by atoms with Crippen LogP contribution in [-0.4, -0.2) is 24.8 Å². The zero-order valence-electron chi connectivity index (χ0n) is 8.53. The minimum Gasteiger partial charge on any atom is -0.267 e. The first-order valence-corrected chi connectivity index (χ1v) is 6.36. The summed E-state index contributed by atoms with van der Waals surface area (Å²) >= 11 is 5.63. The molecule has 92 valence electrons. The molecule has 1 aromatic carbocycles. The van der Waals surface area contributed by atoms with E-state index in [9.17, 15) is 18.5 Å². The maximum Gasteiger partial charge on any atom is 0.325 e. The number of nitro benzene ring substituents is 1. The van der Waals surface area contributed by atoms with Crippen molar-refractivity contribution < 1.29 is 17.6 Å². The zero-order chi connectivity index (χ0) is 13.1. The van der Waals surface area contributed by atoms with Crippen LogP contribution in [0, 0.1) is 10.1 Å². The van der Waals surface area contributed by atoms with Gasteiger partial charge in [0.1, 0.15) is 0 Å². The molecule has 0 saturated heterocycles. The molecule has 0 amide bonds. The third-order valence-electron chi connectivity index (χ3n) is 1.55.